The molecule has 0 bridgehead atoms. The van der Waals surface area contributed by atoms with Gasteiger partial charge in [-0.05, 0) is 13.8 Å². The molecule has 1 nitrogen and oxygen atoms in total. The highest BCUT2D eigenvalue weighted by molar-refractivity contribution is 5.41. The molecule has 0 aromatic rings. The summed E-state index contributed by atoms with van der Waals surface area (Å²) >= 11 is 0. The number of alkyl halides is 6. The van der Waals surface area contributed by atoms with Gasteiger partial charge >= 0.3 is 17.8 Å². The fourth-order valence-electron chi connectivity index (χ4n) is 1.44. The Labute approximate surface area is 85.6 Å². The average Bonchev–Trinajstić information content (AvgIpc) is 2.06. The van der Waals surface area contributed by atoms with Gasteiger partial charge < -0.3 is 5.11 Å². The fourth-order valence-corrected chi connectivity index (χ4v) is 1.44. The van der Waals surface area contributed by atoms with Crippen LogP contribution in [0.2, 0.25) is 0 Å². The first-order valence-corrected chi connectivity index (χ1v) is 4.05. The molecular formula is C8H7F7O. The Hall–Kier alpha value is -0.790. The molecule has 1 N–H and O–H groups in total. The van der Waals surface area contributed by atoms with Gasteiger partial charge in [0, 0.05) is 0 Å². The van der Waals surface area contributed by atoms with Gasteiger partial charge in [-0.15, -0.1) is 0 Å². The average molecular weight is 252 g/mol. The SMILES string of the molecule is CC(C)(O)C1=C(F)C(F)(F)C(F)(F)C1(F)F. The van der Waals surface area contributed by atoms with E-state index in [0.717, 1.165) is 0 Å². The Morgan fingerprint density at radius 2 is 1.31 bits per heavy atom. The number of halogens is 7. The van der Waals surface area contributed by atoms with E-state index < -0.39 is 34.8 Å². The molecule has 8 heteroatoms. The first kappa shape index (κ1) is 13.3. The summed E-state index contributed by atoms with van der Waals surface area (Å²) in [5, 5.41) is 9.04. The summed E-state index contributed by atoms with van der Waals surface area (Å²) < 4.78 is 89.3. The third-order valence-electron chi connectivity index (χ3n) is 2.21. The van der Waals surface area contributed by atoms with Crippen molar-refractivity contribution in [1.29, 1.82) is 0 Å². The predicted octanol–water partition coefficient (Wildman–Crippen LogP) is 2.90. The van der Waals surface area contributed by atoms with E-state index in [9.17, 15) is 30.7 Å². The molecule has 0 spiro atoms. The van der Waals surface area contributed by atoms with E-state index in [4.69, 9.17) is 5.11 Å². The lowest BCUT2D eigenvalue weighted by Gasteiger charge is -2.28. The second kappa shape index (κ2) is 2.91. The van der Waals surface area contributed by atoms with Crippen LogP contribution < -0.4 is 0 Å². The van der Waals surface area contributed by atoms with Crippen molar-refractivity contribution in [2.24, 2.45) is 0 Å². The maximum Gasteiger partial charge on any atom is 0.382 e. The Balaban J connectivity index is 3.55. The molecule has 0 heterocycles. The lowest BCUT2D eigenvalue weighted by atomic mass is 9.94. The maximum absolute atomic E-state index is 12.9. The smallest absolute Gasteiger partial charge is 0.382 e. The van der Waals surface area contributed by atoms with Crippen LogP contribution in [0.5, 0.6) is 0 Å². The maximum atomic E-state index is 12.9. The van der Waals surface area contributed by atoms with Crippen molar-refractivity contribution >= 4 is 0 Å². The van der Waals surface area contributed by atoms with Crippen molar-refractivity contribution < 1.29 is 35.8 Å². The van der Waals surface area contributed by atoms with Gasteiger partial charge in [-0.2, -0.15) is 26.3 Å². The van der Waals surface area contributed by atoms with Gasteiger partial charge in [-0.3, -0.25) is 0 Å². The molecule has 1 rings (SSSR count). The Kier molecular flexibility index (Phi) is 2.41. The molecule has 0 saturated heterocycles. The molecule has 0 aromatic heterocycles. The normalized spacial score (nSPS) is 27.4. The summed E-state index contributed by atoms with van der Waals surface area (Å²) in [6, 6.07) is 0. The third kappa shape index (κ3) is 1.28. The van der Waals surface area contributed by atoms with Crippen LogP contribution in [0.25, 0.3) is 0 Å². The van der Waals surface area contributed by atoms with Crippen molar-refractivity contribution in [3.8, 4) is 0 Å². The van der Waals surface area contributed by atoms with Gasteiger partial charge in [0.1, 0.15) is 0 Å². The standard InChI is InChI=1S/C8H7F7O/c1-5(2,16)3-4(9)7(12,13)8(14,15)6(3,10)11/h16H,1-2H3. The summed E-state index contributed by atoms with van der Waals surface area (Å²) in [4.78, 5) is 0. The number of aliphatic hydroxyl groups is 1. The zero-order valence-electron chi connectivity index (χ0n) is 8.09. The van der Waals surface area contributed by atoms with Crippen LogP contribution in [-0.4, -0.2) is 28.5 Å². The van der Waals surface area contributed by atoms with Gasteiger partial charge in [0.05, 0.1) is 11.2 Å². The molecule has 1 aliphatic rings. The summed E-state index contributed by atoms with van der Waals surface area (Å²) in [5.41, 5.74) is -5.09. The van der Waals surface area contributed by atoms with Crippen LogP contribution in [0, 0.1) is 0 Å². The quantitative estimate of drug-likeness (QED) is 0.711. The molecule has 0 aromatic carbocycles. The first-order chi connectivity index (χ1) is 6.78. The minimum absolute atomic E-state index is 0.521. The van der Waals surface area contributed by atoms with E-state index in [1.807, 2.05) is 0 Å². The first-order valence-electron chi connectivity index (χ1n) is 4.05. The lowest BCUT2D eigenvalue weighted by molar-refractivity contribution is -0.271. The zero-order chi connectivity index (χ0) is 13.2. The van der Waals surface area contributed by atoms with Crippen LogP contribution >= 0.6 is 0 Å². The highest BCUT2D eigenvalue weighted by Crippen LogP contribution is 2.61. The molecule has 0 aliphatic heterocycles. The molecule has 0 unspecified atom stereocenters. The van der Waals surface area contributed by atoms with Crippen molar-refractivity contribution in [3.63, 3.8) is 0 Å². The molecule has 0 fully saturated rings. The monoisotopic (exact) mass is 252 g/mol. The number of hydrogen-bond acceptors (Lipinski definition) is 1. The summed E-state index contributed by atoms with van der Waals surface area (Å²) in [6.07, 6.45) is 0. The highest BCUT2D eigenvalue weighted by atomic mass is 19.3. The molecule has 0 amide bonds. The predicted molar refractivity (Wildman–Crippen MR) is 39.3 cm³/mol. The summed E-state index contributed by atoms with van der Waals surface area (Å²) in [6.45, 7) is 1.04. The van der Waals surface area contributed by atoms with Crippen molar-refractivity contribution in [3.05, 3.63) is 11.4 Å². The van der Waals surface area contributed by atoms with E-state index in [2.05, 4.69) is 0 Å². The second-order valence-electron chi connectivity index (χ2n) is 3.97. The topological polar surface area (TPSA) is 20.2 Å². The minimum atomic E-state index is -5.89. The molecule has 94 valence electrons. The van der Waals surface area contributed by atoms with Crippen LogP contribution in [0.4, 0.5) is 30.7 Å². The van der Waals surface area contributed by atoms with Crippen molar-refractivity contribution in [2.45, 2.75) is 37.2 Å². The van der Waals surface area contributed by atoms with E-state index >= 15 is 0 Å². The molecule has 0 radical (unpaired) electrons. The lowest BCUT2D eigenvalue weighted by Crippen LogP contribution is -2.50. The van der Waals surface area contributed by atoms with Gasteiger partial charge in [-0.25, -0.2) is 4.39 Å². The highest BCUT2D eigenvalue weighted by Gasteiger charge is 2.82. The fraction of sp³-hybridized carbons (Fsp3) is 0.750. The number of allylic oxidation sites excluding steroid dienone is 1. The van der Waals surface area contributed by atoms with Crippen molar-refractivity contribution in [1.82, 2.24) is 0 Å². The summed E-state index contributed by atoms with van der Waals surface area (Å²) in [7, 11) is 0. The molecule has 1 aliphatic carbocycles. The van der Waals surface area contributed by atoms with E-state index in [1.54, 1.807) is 0 Å². The van der Waals surface area contributed by atoms with Crippen LogP contribution in [0.1, 0.15) is 13.8 Å². The Morgan fingerprint density at radius 3 is 1.44 bits per heavy atom. The number of hydrogen-bond donors (Lipinski definition) is 1. The van der Waals surface area contributed by atoms with E-state index in [0.29, 0.717) is 13.8 Å². The zero-order valence-corrected chi connectivity index (χ0v) is 8.09. The molecule has 16 heavy (non-hydrogen) atoms. The van der Waals surface area contributed by atoms with Crippen LogP contribution in [-0.2, 0) is 0 Å². The van der Waals surface area contributed by atoms with Gasteiger partial charge in [0.2, 0.25) is 0 Å². The molecule has 0 atom stereocenters. The van der Waals surface area contributed by atoms with E-state index in [1.165, 1.54) is 0 Å². The van der Waals surface area contributed by atoms with Crippen LogP contribution in [0.3, 0.4) is 0 Å². The molecular weight excluding hydrogens is 245 g/mol. The van der Waals surface area contributed by atoms with Crippen LogP contribution in [0.15, 0.2) is 11.4 Å². The Bertz CT molecular complexity index is 350. The van der Waals surface area contributed by atoms with Crippen molar-refractivity contribution in [2.75, 3.05) is 0 Å². The van der Waals surface area contributed by atoms with Gasteiger partial charge in [0.25, 0.3) is 0 Å². The van der Waals surface area contributed by atoms with Gasteiger partial charge in [-0.1, -0.05) is 0 Å². The largest absolute Gasteiger partial charge is 0.386 e. The Morgan fingerprint density at radius 1 is 0.938 bits per heavy atom. The minimum Gasteiger partial charge on any atom is -0.386 e. The second-order valence-corrected chi connectivity index (χ2v) is 3.97. The third-order valence-corrected chi connectivity index (χ3v) is 2.21. The summed E-state index contributed by atoms with van der Waals surface area (Å²) in [5.74, 6) is -19.9. The number of rotatable bonds is 1. The molecule has 0 saturated carbocycles. The van der Waals surface area contributed by atoms with Gasteiger partial charge in [0.15, 0.2) is 5.83 Å². The van der Waals surface area contributed by atoms with E-state index in [-0.39, 0.29) is 0 Å².